The van der Waals surface area contributed by atoms with Gasteiger partial charge in [0.2, 0.25) is 0 Å². The lowest BCUT2D eigenvalue weighted by atomic mass is 10.0. The second-order valence-electron chi connectivity index (χ2n) is 7.34. The molecular formula is C26H22N2O4. The summed E-state index contributed by atoms with van der Waals surface area (Å²) in [7, 11) is 1.60. The predicted molar refractivity (Wildman–Crippen MR) is 123 cm³/mol. The Morgan fingerprint density at radius 3 is 2.31 bits per heavy atom. The molecular weight excluding hydrogens is 404 g/mol. The van der Waals surface area contributed by atoms with Gasteiger partial charge in [-0.2, -0.15) is 0 Å². The van der Waals surface area contributed by atoms with Gasteiger partial charge in [0.1, 0.15) is 12.3 Å². The quantitative estimate of drug-likeness (QED) is 0.466. The highest BCUT2D eigenvalue weighted by atomic mass is 16.5. The second-order valence-corrected chi connectivity index (χ2v) is 7.34. The van der Waals surface area contributed by atoms with E-state index >= 15 is 0 Å². The van der Waals surface area contributed by atoms with Crippen molar-refractivity contribution in [3.63, 3.8) is 0 Å². The van der Waals surface area contributed by atoms with E-state index in [0.717, 1.165) is 16.9 Å². The van der Waals surface area contributed by atoms with Gasteiger partial charge in [0.05, 0.1) is 23.9 Å². The summed E-state index contributed by atoms with van der Waals surface area (Å²) in [6.45, 7) is -0.206. The highest BCUT2D eigenvalue weighted by Gasteiger charge is 2.22. The van der Waals surface area contributed by atoms with E-state index in [1.807, 2.05) is 78.9 Å². The maximum Gasteiger partial charge on any atom is 0.323 e. The number of hydrogen-bond acceptors (Lipinski definition) is 4. The molecule has 0 spiro atoms. The Bertz CT molecular complexity index is 1250. The molecule has 0 bridgehead atoms. The number of methoxy groups -OCH3 is 1. The molecule has 32 heavy (non-hydrogen) atoms. The SMILES string of the molecule is COc1ccc(-c2cc(C(=O)N(CC(=O)O)Cc3ccccc3)c3ccccc3n2)cc1. The van der Waals surface area contributed by atoms with Crippen molar-refractivity contribution in [2.45, 2.75) is 6.54 Å². The Hall–Kier alpha value is -4.19. The molecule has 4 aromatic rings. The van der Waals surface area contributed by atoms with Gasteiger partial charge >= 0.3 is 5.97 Å². The topological polar surface area (TPSA) is 79.7 Å². The molecule has 0 fully saturated rings. The van der Waals surface area contributed by atoms with E-state index in [2.05, 4.69) is 0 Å². The lowest BCUT2D eigenvalue weighted by Crippen LogP contribution is -2.35. The van der Waals surface area contributed by atoms with Crippen LogP contribution in [-0.4, -0.2) is 40.5 Å². The number of aliphatic carboxylic acids is 1. The summed E-state index contributed by atoms with van der Waals surface area (Å²) in [5.41, 5.74) is 3.40. The molecule has 3 aromatic carbocycles. The zero-order valence-electron chi connectivity index (χ0n) is 17.6. The number of fused-ring (bicyclic) bond motifs is 1. The van der Waals surface area contributed by atoms with Crippen molar-refractivity contribution in [1.82, 2.24) is 9.88 Å². The Morgan fingerprint density at radius 1 is 0.938 bits per heavy atom. The number of benzene rings is 3. The number of carboxylic acid groups (broad SMARTS) is 1. The Kier molecular flexibility index (Phi) is 6.12. The maximum absolute atomic E-state index is 13.6. The summed E-state index contributed by atoms with van der Waals surface area (Å²) >= 11 is 0. The molecule has 1 heterocycles. The van der Waals surface area contributed by atoms with Crippen LogP contribution in [0.2, 0.25) is 0 Å². The first kappa shape index (κ1) is 21.1. The Labute approximate surface area is 185 Å². The second kappa shape index (κ2) is 9.31. The number of aromatic nitrogens is 1. The fourth-order valence-electron chi connectivity index (χ4n) is 3.60. The van der Waals surface area contributed by atoms with E-state index in [0.29, 0.717) is 22.2 Å². The molecule has 1 amide bonds. The van der Waals surface area contributed by atoms with Gasteiger partial charge in [0, 0.05) is 17.5 Å². The number of ether oxygens (including phenoxy) is 1. The molecule has 0 radical (unpaired) electrons. The fourth-order valence-corrected chi connectivity index (χ4v) is 3.60. The summed E-state index contributed by atoms with van der Waals surface area (Å²) < 4.78 is 5.23. The predicted octanol–water partition coefficient (Wildman–Crippen LogP) is 4.64. The Balaban J connectivity index is 1.79. The standard InChI is InChI=1S/C26H22N2O4/c1-32-20-13-11-19(12-14-20)24-15-22(21-9-5-6-10-23(21)27-24)26(31)28(17-25(29)30)16-18-7-3-2-4-8-18/h2-15H,16-17H2,1H3,(H,29,30). The zero-order valence-corrected chi connectivity index (χ0v) is 17.6. The molecule has 4 rings (SSSR count). The number of nitrogens with zero attached hydrogens (tertiary/aromatic N) is 2. The number of carbonyl (C=O) groups is 2. The third-order valence-corrected chi connectivity index (χ3v) is 5.16. The van der Waals surface area contributed by atoms with Gasteiger partial charge in [-0.1, -0.05) is 48.5 Å². The molecule has 160 valence electrons. The van der Waals surface area contributed by atoms with Crippen LogP contribution in [0.4, 0.5) is 0 Å². The van der Waals surface area contributed by atoms with E-state index < -0.39 is 12.5 Å². The van der Waals surface area contributed by atoms with Gasteiger partial charge in [-0.3, -0.25) is 9.59 Å². The smallest absolute Gasteiger partial charge is 0.323 e. The molecule has 0 saturated carbocycles. The maximum atomic E-state index is 13.6. The molecule has 6 nitrogen and oxygen atoms in total. The zero-order chi connectivity index (χ0) is 22.5. The first-order chi connectivity index (χ1) is 15.5. The average molecular weight is 426 g/mol. The minimum Gasteiger partial charge on any atom is -0.497 e. The molecule has 0 unspecified atom stereocenters. The van der Waals surface area contributed by atoms with Gasteiger partial charge in [0.25, 0.3) is 5.91 Å². The average Bonchev–Trinajstić information content (AvgIpc) is 2.83. The molecule has 0 saturated heterocycles. The van der Waals surface area contributed by atoms with Crippen molar-refractivity contribution in [2.75, 3.05) is 13.7 Å². The molecule has 0 aliphatic heterocycles. The third kappa shape index (κ3) is 4.59. The van der Waals surface area contributed by atoms with Crippen molar-refractivity contribution in [3.05, 3.63) is 96.1 Å². The van der Waals surface area contributed by atoms with Gasteiger partial charge in [-0.25, -0.2) is 4.98 Å². The summed E-state index contributed by atoms with van der Waals surface area (Å²) in [4.78, 5) is 31.2. The number of rotatable bonds is 7. The first-order valence-corrected chi connectivity index (χ1v) is 10.1. The highest BCUT2D eigenvalue weighted by Crippen LogP contribution is 2.27. The van der Waals surface area contributed by atoms with Crippen LogP contribution in [0.25, 0.3) is 22.2 Å². The van der Waals surface area contributed by atoms with Crippen LogP contribution in [0.3, 0.4) is 0 Å². The first-order valence-electron chi connectivity index (χ1n) is 10.1. The Morgan fingerprint density at radius 2 is 1.62 bits per heavy atom. The van der Waals surface area contributed by atoms with Crippen LogP contribution < -0.4 is 4.74 Å². The molecule has 1 N–H and O–H groups in total. The van der Waals surface area contributed by atoms with Gasteiger partial charge in [-0.15, -0.1) is 0 Å². The van der Waals surface area contributed by atoms with Crippen LogP contribution in [0, 0.1) is 0 Å². The molecule has 1 aromatic heterocycles. The van der Waals surface area contributed by atoms with E-state index in [9.17, 15) is 14.7 Å². The number of carbonyl (C=O) groups excluding carboxylic acids is 1. The molecule has 0 aliphatic rings. The summed E-state index contributed by atoms with van der Waals surface area (Å²) in [6.07, 6.45) is 0. The molecule has 0 aliphatic carbocycles. The monoisotopic (exact) mass is 426 g/mol. The van der Waals surface area contributed by atoms with Gasteiger partial charge in [-0.05, 0) is 42.0 Å². The van der Waals surface area contributed by atoms with Crippen molar-refractivity contribution in [1.29, 1.82) is 0 Å². The highest BCUT2D eigenvalue weighted by molar-refractivity contribution is 6.07. The lowest BCUT2D eigenvalue weighted by Gasteiger charge is -2.22. The number of amides is 1. The van der Waals surface area contributed by atoms with Crippen LogP contribution in [-0.2, 0) is 11.3 Å². The van der Waals surface area contributed by atoms with Crippen LogP contribution in [0.1, 0.15) is 15.9 Å². The summed E-state index contributed by atoms with van der Waals surface area (Å²) in [5, 5.41) is 10.1. The molecule has 0 atom stereocenters. The third-order valence-electron chi connectivity index (χ3n) is 5.16. The van der Waals surface area contributed by atoms with E-state index in [4.69, 9.17) is 9.72 Å². The lowest BCUT2D eigenvalue weighted by molar-refractivity contribution is -0.137. The van der Waals surface area contributed by atoms with E-state index in [1.165, 1.54) is 4.90 Å². The normalized spacial score (nSPS) is 10.7. The van der Waals surface area contributed by atoms with Gasteiger partial charge in [0.15, 0.2) is 0 Å². The molecule has 6 heteroatoms. The van der Waals surface area contributed by atoms with Crippen molar-refractivity contribution < 1.29 is 19.4 Å². The minimum absolute atomic E-state index is 0.195. The van der Waals surface area contributed by atoms with Crippen LogP contribution >= 0.6 is 0 Å². The number of para-hydroxylation sites is 1. The number of carboxylic acids is 1. The van der Waals surface area contributed by atoms with Crippen molar-refractivity contribution in [2.24, 2.45) is 0 Å². The largest absolute Gasteiger partial charge is 0.497 e. The fraction of sp³-hybridized carbons (Fsp3) is 0.115. The minimum atomic E-state index is -1.07. The number of hydrogen-bond donors (Lipinski definition) is 1. The summed E-state index contributed by atoms with van der Waals surface area (Å²) in [6, 6.07) is 25.9. The van der Waals surface area contributed by atoms with Crippen LogP contribution in [0.15, 0.2) is 84.9 Å². The number of pyridine rings is 1. The van der Waals surface area contributed by atoms with Crippen LogP contribution in [0.5, 0.6) is 5.75 Å². The summed E-state index contributed by atoms with van der Waals surface area (Å²) in [5.74, 6) is -0.700. The van der Waals surface area contributed by atoms with Crippen molar-refractivity contribution >= 4 is 22.8 Å². The van der Waals surface area contributed by atoms with Crippen molar-refractivity contribution in [3.8, 4) is 17.0 Å². The van der Waals surface area contributed by atoms with E-state index in [-0.39, 0.29) is 12.5 Å². The van der Waals surface area contributed by atoms with Gasteiger partial charge < -0.3 is 14.7 Å². The van der Waals surface area contributed by atoms with E-state index in [1.54, 1.807) is 13.2 Å².